The lowest BCUT2D eigenvalue weighted by molar-refractivity contribution is 0.150. The van der Waals surface area contributed by atoms with Gasteiger partial charge in [0, 0.05) is 11.6 Å². The molecule has 0 heterocycles. The topological polar surface area (TPSA) is 61.4 Å². The molecule has 1 unspecified atom stereocenters. The van der Waals surface area contributed by atoms with Crippen LogP contribution in [0.4, 0.5) is 10.5 Å². The zero-order valence-corrected chi connectivity index (χ0v) is 11.1. The van der Waals surface area contributed by atoms with Gasteiger partial charge in [0.25, 0.3) is 0 Å². The second-order valence-electron chi connectivity index (χ2n) is 4.36. The molecule has 1 fully saturated rings. The molecule has 2 rings (SSSR count). The molecule has 6 heteroatoms. The third kappa shape index (κ3) is 3.77. The maximum Gasteiger partial charge on any atom is 0.319 e. The third-order valence-corrected chi connectivity index (χ3v) is 3.38. The molecule has 0 aromatic heterocycles. The van der Waals surface area contributed by atoms with Crippen LogP contribution in [-0.4, -0.2) is 23.8 Å². The van der Waals surface area contributed by atoms with Gasteiger partial charge in [0.2, 0.25) is 0 Å². The number of halogens is 2. The maximum absolute atomic E-state index is 11.6. The van der Waals surface area contributed by atoms with Crippen LogP contribution in [0.2, 0.25) is 10.0 Å². The number of urea groups is 1. The van der Waals surface area contributed by atoms with E-state index in [-0.39, 0.29) is 6.54 Å². The molecule has 18 heavy (non-hydrogen) atoms. The predicted molar refractivity (Wildman–Crippen MR) is 72.2 cm³/mol. The van der Waals surface area contributed by atoms with Crippen molar-refractivity contribution in [2.45, 2.75) is 18.9 Å². The number of anilines is 1. The van der Waals surface area contributed by atoms with Gasteiger partial charge in [0.15, 0.2) is 0 Å². The van der Waals surface area contributed by atoms with Crippen molar-refractivity contribution in [2.75, 3.05) is 11.9 Å². The Morgan fingerprint density at radius 1 is 1.44 bits per heavy atom. The van der Waals surface area contributed by atoms with Gasteiger partial charge in [-0.05, 0) is 37.0 Å². The molecule has 1 aliphatic carbocycles. The van der Waals surface area contributed by atoms with Crippen molar-refractivity contribution in [3.63, 3.8) is 0 Å². The molecule has 0 saturated heterocycles. The van der Waals surface area contributed by atoms with Crippen LogP contribution in [0.15, 0.2) is 18.2 Å². The lowest BCUT2D eigenvalue weighted by Crippen LogP contribution is -2.36. The monoisotopic (exact) mass is 288 g/mol. The van der Waals surface area contributed by atoms with Crippen LogP contribution in [0.3, 0.4) is 0 Å². The first kappa shape index (κ1) is 13.5. The minimum atomic E-state index is -0.467. The van der Waals surface area contributed by atoms with E-state index >= 15 is 0 Å². The minimum Gasteiger partial charge on any atom is -0.391 e. The highest BCUT2D eigenvalue weighted by atomic mass is 35.5. The molecule has 0 spiro atoms. The van der Waals surface area contributed by atoms with Crippen molar-refractivity contribution in [2.24, 2.45) is 5.92 Å². The van der Waals surface area contributed by atoms with Gasteiger partial charge in [0.05, 0.1) is 16.8 Å². The normalized spacial score (nSPS) is 16.2. The molecule has 1 atom stereocenters. The Morgan fingerprint density at radius 3 is 2.83 bits per heavy atom. The van der Waals surface area contributed by atoms with Crippen molar-refractivity contribution in [3.05, 3.63) is 28.2 Å². The second kappa shape index (κ2) is 5.78. The number of aliphatic hydroxyl groups is 1. The average Bonchev–Trinajstić information content (AvgIpc) is 3.15. The smallest absolute Gasteiger partial charge is 0.319 e. The Hall–Kier alpha value is -0.970. The fourth-order valence-corrected chi connectivity index (χ4v) is 1.94. The van der Waals surface area contributed by atoms with E-state index in [0.717, 1.165) is 12.8 Å². The molecular weight excluding hydrogens is 275 g/mol. The van der Waals surface area contributed by atoms with Gasteiger partial charge in [-0.15, -0.1) is 0 Å². The Morgan fingerprint density at radius 2 is 2.17 bits per heavy atom. The van der Waals surface area contributed by atoms with E-state index in [2.05, 4.69) is 10.6 Å². The number of hydrogen-bond acceptors (Lipinski definition) is 2. The molecule has 1 aromatic carbocycles. The molecule has 3 N–H and O–H groups in total. The lowest BCUT2D eigenvalue weighted by atomic mass is 10.2. The number of rotatable bonds is 4. The summed E-state index contributed by atoms with van der Waals surface area (Å²) in [5.41, 5.74) is 0.447. The first-order valence-corrected chi connectivity index (χ1v) is 6.50. The van der Waals surface area contributed by atoms with Gasteiger partial charge >= 0.3 is 6.03 Å². The third-order valence-electron chi connectivity index (χ3n) is 2.81. The predicted octanol–water partition coefficient (Wildman–Crippen LogP) is 2.89. The highest BCUT2D eigenvalue weighted by molar-refractivity contribution is 6.35. The molecule has 98 valence electrons. The largest absolute Gasteiger partial charge is 0.391 e. The Labute approximate surface area is 115 Å². The van der Waals surface area contributed by atoms with Gasteiger partial charge in [-0.1, -0.05) is 23.2 Å². The molecule has 2 amide bonds. The molecule has 1 saturated carbocycles. The van der Waals surface area contributed by atoms with Crippen LogP contribution in [0.25, 0.3) is 0 Å². The standard InChI is InChI=1S/C12H14Cl2N2O2/c13-8-3-4-9(14)10(5-8)16-12(18)15-6-11(17)7-1-2-7/h3-5,7,11,17H,1-2,6H2,(H2,15,16,18). The summed E-state index contributed by atoms with van der Waals surface area (Å²) < 4.78 is 0. The number of aliphatic hydroxyl groups excluding tert-OH is 1. The number of benzene rings is 1. The van der Waals surface area contributed by atoms with Crippen molar-refractivity contribution in [3.8, 4) is 0 Å². The fraction of sp³-hybridized carbons (Fsp3) is 0.417. The van der Waals surface area contributed by atoms with Gasteiger partial charge < -0.3 is 15.7 Å². The van der Waals surface area contributed by atoms with Gasteiger partial charge in [-0.2, -0.15) is 0 Å². The molecule has 0 radical (unpaired) electrons. The van der Waals surface area contributed by atoms with Crippen LogP contribution < -0.4 is 10.6 Å². The fourth-order valence-electron chi connectivity index (χ4n) is 1.60. The van der Waals surface area contributed by atoms with E-state index in [1.54, 1.807) is 18.2 Å². The van der Waals surface area contributed by atoms with Gasteiger partial charge in [0.1, 0.15) is 0 Å². The summed E-state index contributed by atoms with van der Waals surface area (Å²) in [5, 5.41) is 15.7. The summed E-state index contributed by atoms with van der Waals surface area (Å²) in [5.74, 6) is 0.333. The summed E-state index contributed by atoms with van der Waals surface area (Å²) in [4.78, 5) is 11.6. The highest BCUT2D eigenvalue weighted by Crippen LogP contribution is 2.32. The van der Waals surface area contributed by atoms with Crippen LogP contribution >= 0.6 is 23.2 Å². The average molecular weight is 289 g/mol. The zero-order valence-electron chi connectivity index (χ0n) is 9.62. The first-order chi connectivity index (χ1) is 8.56. The van der Waals surface area contributed by atoms with Crippen LogP contribution in [-0.2, 0) is 0 Å². The zero-order chi connectivity index (χ0) is 13.1. The van der Waals surface area contributed by atoms with Gasteiger partial charge in [-0.3, -0.25) is 0 Å². The van der Waals surface area contributed by atoms with Gasteiger partial charge in [-0.25, -0.2) is 4.79 Å². The number of carbonyl (C=O) groups is 1. The minimum absolute atomic E-state index is 0.245. The summed E-state index contributed by atoms with van der Waals surface area (Å²) in [6, 6.07) is 4.42. The molecule has 0 aliphatic heterocycles. The lowest BCUT2D eigenvalue weighted by Gasteiger charge is -2.12. The maximum atomic E-state index is 11.6. The van der Waals surface area contributed by atoms with Crippen molar-refractivity contribution >= 4 is 34.9 Å². The Balaban J connectivity index is 1.84. The SMILES string of the molecule is O=C(NCC(O)C1CC1)Nc1cc(Cl)ccc1Cl. The Kier molecular flexibility index (Phi) is 4.32. The number of nitrogens with one attached hydrogen (secondary N) is 2. The van der Waals surface area contributed by atoms with E-state index in [1.165, 1.54) is 0 Å². The number of carbonyl (C=O) groups excluding carboxylic acids is 1. The molecule has 1 aliphatic rings. The molecular formula is C12H14Cl2N2O2. The van der Waals surface area contributed by atoms with E-state index in [4.69, 9.17) is 23.2 Å². The summed E-state index contributed by atoms with van der Waals surface area (Å²) in [7, 11) is 0. The van der Waals surface area contributed by atoms with Crippen LogP contribution in [0.5, 0.6) is 0 Å². The number of hydrogen-bond donors (Lipinski definition) is 3. The van der Waals surface area contributed by atoms with E-state index < -0.39 is 12.1 Å². The molecule has 1 aromatic rings. The van der Waals surface area contributed by atoms with E-state index in [9.17, 15) is 9.90 Å². The van der Waals surface area contributed by atoms with Crippen molar-refractivity contribution in [1.82, 2.24) is 5.32 Å². The van der Waals surface area contributed by atoms with E-state index in [0.29, 0.717) is 21.7 Å². The van der Waals surface area contributed by atoms with Crippen molar-refractivity contribution in [1.29, 1.82) is 0 Å². The first-order valence-electron chi connectivity index (χ1n) is 5.74. The summed E-state index contributed by atoms with van der Waals surface area (Å²) in [6.07, 6.45) is 1.60. The number of amides is 2. The molecule has 4 nitrogen and oxygen atoms in total. The van der Waals surface area contributed by atoms with Crippen LogP contribution in [0, 0.1) is 5.92 Å². The van der Waals surface area contributed by atoms with E-state index in [1.807, 2.05) is 0 Å². The highest BCUT2D eigenvalue weighted by Gasteiger charge is 2.29. The summed E-state index contributed by atoms with van der Waals surface area (Å²) in [6.45, 7) is 0.245. The van der Waals surface area contributed by atoms with Crippen molar-refractivity contribution < 1.29 is 9.90 Å². The van der Waals surface area contributed by atoms with Crippen LogP contribution in [0.1, 0.15) is 12.8 Å². The summed E-state index contributed by atoms with van der Waals surface area (Å²) >= 11 is 11.7. The second-order valence-corrected chi connectivity index (χ2v) is 5.21. The molecule has 0 bridgehead atoms. The Bertz CT molecular complexity index is 450. The quantitative estimate of drug-likeness (QED) is 0.798.